The number of aryl methyl sites for hydroxylation is 1. The number of carbonyl (C=O) groups excluding carboxylic acids is 1. The Morgan fingerprint density at radius 1 is 0.963 bits per heavy atom. The van der Waals surface area contributed by atoms with E-state index in [1.54, 1.807) is 0 Å². The van der Waals surface area contributed by atoms with Crippen molar-refractivity contribution in [2.75, 3.05) is 11.9 Å². The van der Waals surface area contributed by atoms with Crippen LogP contribution in [0.15, 0.2) is 77.8 Å². The van der Waals surface area contributed by atoms with Crippen molar-refractivity contribution < 1.29 is 9.53 Å². The minimum absolute atomic E-state index is 0.0369. The van der Waals surface area contributed by atoms with Crippen molar-refractivity contribution in [1.82, 2.24) is 0 Å². The van der Waals surface area contributed by atoms with Gasteiger partial charge in [-0.2, -0.15) is 0 Å². The zero-order chi connectivity index (χ0) is 19.1. The van der Waals surface area contributed by atoms with Gasteiger partial charge in [0.15, 0.2) is 6.61 Å². The number of aliphatic imine (C=N–C) groups is 1. The molecule has 3 aromatic carbocycles. The minimum Gasteiger partial charge on any atom is -0.484 e. The third-order valence-electron chi connectivity index (χ3n) is 4.24. The van der Waals surface area contributed by atoms with Gasteiger partial charge in [0.25, 0.3) is 5.91 Å². The normalized spacial score (nSPS) is 10.7. The monoisotopic (exact) mass is 358 g/mol. The number of hydrogen-bond acceptors (Lipinski definition) is 3. The molecule has 0 atom stereocenters. The lowest BCUT2D eigenvalue weighted by Crippen LogP contribution is -2.20. The molecule has 3 aromatic rings. The van der Waals surface area contributed by atoms with Gasteiger partial charge in [0, 0.05) is 11.9 Å². The van der Waals surface area contributed by atoms with Gasteiger partial charge < -0.3 is 10.1 Å². The topological polar surface area (TPSA) is 50.7 Å². The number of rotatable bonds is 6. The van der Waals surface area contributed by atoms with Crippen LogP contribution in [0.3, 0.4) is 0 Å². The molecule has 0 radical (unpaired) electrons. The summed E-state index contributed by atoms with van der Waals surface area (Å²) in [7, 11) is 0. The fourth-order valence-corrected chi connectivity index (χ4v) is 2.54. The molecule has 0 bridgehead atoms. The molecule has 0 aromatic heterocycles. The lowest BCUT2D eigenvalue weighted by Gasteiger charge is -2.07. The zero-order valence-corrected chi connectivity index (χ0v) is 15.5. The first-order chi connectivity index (χ1) is 13.1. The molecule has 4 nitrogen and oxygen atoms in total. The molecule has 0 aliphatic heterocycles. The third kappa shape index (κ3) is 5.28. The van der Waals surface area contributed by atoms with E-state index >= 15 is 0 Å². The van der Waals surface area contributed by atoms with E-state index in [-0.39, 0.29) is 12.5 Å². The van der Waals surface area contributed by atoms with Crippen LogP contribution in [-0.2, 0) is 4.79 Å². The molecule has 0 aliphatic rings. The molecule has 0 unspecified atom stereocenters. The van der Waals surface area contributed by atoms with Gasteiger partial charge in [-0.05, 0) is 73.0 Å². The van der Waals surface area contributed by atoms with Gasteiger partial charge in [0.2, 0.25) is 0 Å². The number of ether oxygens (including phenoxy) is 1. The van der Waals surface area contributed by atoms with Crippen molar-refractivity contribution in [3.63, 3.8) is 0 Å². The summed E-state index contributed by atoms with van der Waals surface area (Å²) < 4.78 is 5.54. The van der Waals surface area contributed by atoms with Crippen molar-refractivity contribution in [3.05, 3.63) is 89.5 Å². The summed E-state index contributed by atoms with van der Waals surface area (Å²) in [6, 6.07) is 22.9. The van der Waals surface area contributed by atoms with Crippen LogP contribution < -0.4 is 10.1 Å². The molecule has 0 saturated carbocycles. The molecule has 0 aliphatic carbocycles. The SMILES string of the molecule is Cc1cccc(N=Cc2ccc(OCC(=O)Nc3ccccc3)cc2)c1C. The fraction of sp³-hybridized carbons (Fsp3) is 0.130. The van der Waals surface area contributed by atoms with Gasteiger partial charge in [-0.3, -0.25) is 9.79 Å². The Labute approximate surface area is 159 Å². The van der Waals surface area contributed by atoms with E-state index in [2.05, 4.69) is 30.2 Å². The van der Waals surface area contributed by atoms with Gasteiger partial charge in [-0.1, -0.05) is 30.3 Å². The Bertz CT molecular complexity index is 932. The number of nitrogens with zero attached hydrogens (tertiary/aromatic N) is 1. The van der Waals surface area contributed by atoms with Crippen LogP contribution >= 0.6 is 0 Å². The first kappa shape index (κ1) is 18.4. The molecule has 3 rings (SSSR count). The van der Waals surface area contributed by atoms with Crippen molar-refractivity contribution >= 4 is 23.5 Å². The lowest BCUT2D eigenvalue weighted by molar-refractivity contribution is -0.118. The fourth-order valence-electron chi connectivity index (χ4n) is 2.54. The first-order valence-corrected chi connectivity index (χ1v) is 8.80. The second kappa shape index (κ2) is 8.81. The van der Waals surface area contributed by atoms with Crippen LogP contribution in [0.4, 0.5) is 11.4 Å². The molecule has 4 heteroatoms. The van der Waals surface area contributed by atoms with Gasteiger partial charge in [0.1, 0.15) is 5.75 Å². The number of para-hydroxylation sites is 1. The Morgan fingerprint density at radius 3 is 2.44 bits per heavy atom. The maximum absolute atomic E-state index is 11.9. The van der Waals surface area contributed by atoms with Crippen LogP contribution in [0.5, 0.6) is 5.75 Å². The molecule has 27 heavy (non-hydrogen) atoms. The summed E-state index contributed by atoms with van der Waals surface area (Å²) in [5, 5.41) is 2.79. The smallest absolute Gasteiger partial charge is 0.262 e. The standard InChI is InChI=1S/C23H22N2O2/c1-17-7-6-10-22(18(17)2)24-15-19-11-13-21(14-12-19)27-16-23(26)25-20-8-4-3-5-9-20/h3-15H,16H2,1-2H3,(H,25,26). The molecule has 0 saturated heterocycles. The van der Waals surface area contributed by atoms with Crippen molar-refractivity contribution in [3.8, 4) is 5.75 Å². The number of carbonyl (C=O) groups is 1. The van der Waals surface area contributed by atoms with Crippen molar-refractivity contribution in [2.45, 2.75) is 13.8 Å². The quantitative estimate of drug-likeness (QED) is 0.625. The van der Waals surface area contributed by atoms with Gasteiger partial charge in [0.05, 0.1) is 5.69 Å². The van der Waals surface area contributed by atoms with E-state index in [1.807, 2.05) is 72.9 Å². The molecular weight excluding hydrogens is 336 g/mol. The number of benzene rings is 3. The maximum Gasteiger partial charge on any atom is 0.262 e. The predicted molar refractivity (Wildman–Crippen MR) is 110 cm³/mol. The predicted octanol–water partition coefficient (Wildman–Crippen LogP) is 5.07. The highest BCUT2D eigenvalue weighted by Gasteiger charge is 2.03. The van der Waals surface area contributed by atoms with Crippen molar-refractivity contribution in [1.29, 1.82) is 0 Å². The summed E-state index contributed by atoms with van der Waals surface area (Å²) in [4.78, 5) is 16.5. The van der Waals surface area contributed by atoms with Crippen LogP contribution in [0.2, 0.25) is 0 Å². The van der Waals surface area contributed by atoms with Crippen LogP contribution in [0.1, 0.15) is 16.7 Å². The van der Waals surface area contributed by atoms with Crippen LogP contribution in [0, 0.1) is 13.8 Å². The number of amides is 1. The van der Waals surface area contributed by atoms with E-state index in [4.69, 9.17) is 4.74 Å². The minimum atomic E-state index is -0.193. The van der Waals surface area contributed by atoms with Gasteiger partial charge in [-0.25, -0.2) is 0 Å². The second-order valence-electron chi connectivity index (χ2n) is 6.25. The summed E-state index contributed by atoms with van der Waals surface area (Å²) in [6.45, 7) is 4.11. The highest BCUT2D eigenvalue weighted by Crippen LogP contribution is 2.21. The summed E-state index contributed by atoms with van der Waals surface area (Å²) in [5.41, 5.74) is 5.09. The largest absolute Gasteiger partial charge is 0.484 e. The maximum atomic E-state index is 11.9. The molecule has 1 N–H and O–H groups in total. The molecule has 0 spiro atoms. The Balaban J connectivity index is 1.55. The Kier molecular flexibility index (Phi) is 6.00. The molecule has 1 amide bonds. The summed E-state index contributed by atoms with van der Waals surface area (Å²) >= 11 is 0. The molecule has 0 heterocycles. The zero-order valence-electron chi connectivity index (χ0n) is 15.5. The Morgan fingerprint density at radius 2 is 1.70 bits per heavy atom. The number of anilines is 1. The lowest BCUT2D eigenvalue weighted by atomic mass is 10.1. The van der Waals surface area contributed by atoms with E-state index in [0.29, 0.717) is 5.75 Å². The van der Waals surface area contributed by atoms with Crippen LogP contribution in [0.25, 0.3) is 0 Å². The Hall–Kier alpha value is -3.40. The molecule has 0 fully saturated rings. The van der Waals surface area contributed by atoms with Crippen molar-refractivity contribution in [2.24, 2.45) is 4.99 Å². The van der Waals surface area contributed by atoms with Gasteiger partial charge in [-0.15, -0.1) is 0 Å². The highest BCUT2D eigenvalue weighted by atomic mass is 16.5. The summed E-state index contributed by atoms with van der Waals surface area (Å²) in [6.07, 6.45) is 1.83. The number of hydrogen-bond donors (Lipinski definition) is 1. The molecular formula is C23H22N2O2. The average Bonchev–Trinajstić information content (AvgIpc) is 2.69. The first-order valence-electron chi connectivity index (χ1n) is 8.80. The molecule has 136 valence electrons. The summed E-state index contributed by atoms with van der Waals surface area (Å²) in [5.74, 6) is 0.448. The second-order valence-corrected chi connectivity index (χ2v) is 6.25. The third-order valence-corrected chi connectivity index (χ3v) is 4.24. The van der Waals surface area contributed by atoms with E-state index in [1.165, 1.54) is 11.1 Å². The van der Waals surface area contributed by atoms with Gasteiger partial charge >= 0.3 is 0 Å². The van der Waals surface area contributed by atoms with E-state index < -0.39 is 0 Å². The van der Waals surface area contributed by atoms with E-state index in [0.717, 1.165) is 16.9 Å². The van der Waals surface area contributed by atoms with Crippen LogP contribution in [-0.4, -0.2) is 18.7 Å². The highest BCUT2D eigenvalue weighted by molar-refractivity contribution is 5.91. The van der Waals surface area contributed by atoms with E-state index in [9.17, 15) is 4.79 Å². The number of nitrogens with one attached hydrogen (secondary N) is 1. The average molecular weight is 358 g/mol.